The standard InChI is InChI=1S/C41H64O9/c1-23(2)28-20-31(42)26(5)12-10-11-24(3)18-32(43)29-19-27(6)37-30(41(29,22-33(28)44)38(47)49-9)17-25(4)13-14-35(46)40(8)16-15-36(50-40)39(7,48)21-34(37)45/h17,23-24,26,28-30,34-36,45-46,48H,10-16,18-22H2,1-9H3/b25-17+/t24-,26+,28-,29+,30-,34+,35+,36-,39+,40-,41+/m0/s1. The van der Waals surface area contributed by atoms with Gasteiger partial charge in [0.25, 0.3) is 0 Å². The lowest BCUT2D eigenvalue weighted by Gasteiger charge is -2.49. The first-order valence-electron chi connectivity index (χ1n) is 19.1. The van der Waals surface area contributed by atoms with Gasteiger partial charge in [0, 0.05) is 49.4 Å². The Balaban J connectivity index is 1.98. The zero-order valence-corrected chi connectivity index (χ0v) is 32.0. The predicted octanol–water partition coefficient (Wildman–Crippen LogP) is 6.25. The number of Topliss-reactive ketones (excluding diaryl/α,β-unsaturated/α-hetero) is 3. The molecule has 2 aliphatic carbocycles. The maximum Gasteiger partial charge on any atom is 0.313 e. The van der Waals surface area contributed by atoms with Gasteiger partial charge in [-0.15, -0.1) is 0 Å². The van der Waals surface area contributed by atoms with E-state index in [9.17, 15) is 34.5 Å². The highest BCUT2D eigenvalue weighted by atomic mass is 16.5. The fraction of sp³-hybridized carbons (Fsp3) is 0.805. The normalized spacial score (nSPS) is 42.7. The van der Waals surface area contributed by atoms with Crippen molar-refractivity contribution in [2.75, 3.05) is 7.11 Å². The Morgan fingerprint density at radius 3 is 2.28 bits per heavy atom. The number of allylic oxidation sites excluding steroid dienone is 3. The summed E-state index contributed by atoms with van der Waals surface area (Å²) in [6.45, 7) is 15.0. The Morgan fingerprint density at radius 2 is 1.64 bits per heavy atom. The van der Waals surface area contributed by atoms with E-state index < -0.39 is 58.7 Å². The number of hydrogen-bond donors (Lipinski definition) is 3. The fourth-order valence-corrected chi connectivity index (χ4v) is 9.56. The van der Waals surface area contributed by atoms with Crippen molar-refractivity contribution in [3.05, 3.63) is 22.8 Å². The Hall–Kier alpha value is -2.20. The molecule has 50 heavy (non-hydrogen) atoms. The molecule has 0 aromatic rings. The van der Waals surface area contributed by atoms with E-state index in [2.05, 4.69) is 0 Å². The summed E-state index contributed by atoms with van der Waals surface area (Å²) in [5.74, 6) is -3.92. The van der Waals surface area contributed by atoms with Gasteiger partial charge in [-0.05, 0) is 83.6 Å². The van der Waals surface area contributed by atoms with Crippen LogP contribution in [-0.2, 0) is 28.7 Å². The molecule has 0 spiro atoms. The van der Waals surface area contributed by atoms with Gasteiger partial charge >= 0.3 is 5.97 Å². The summed E-state index contributed by atoms with van der Waals surface area (Å²) in [5, 5.41) is 35.4. The molecule has 2 fully saturated rings. The lowest BCUT2D eigenvalue weighted by Crippen LogP contribution is -2.55. The number of rotatable bonds is 2. The second-order valence-electron chi connectivity index (χ2n) is 17.4. The third-order valence-corrected chi connectivity index (χ3v) is 13.0. The number of methoxy groups -OCH3 is 1. The minimum Gasteiger partial charge on any atom is -0.469 e. The molecule has 2 heterocycles. The van der Waals surface area contributed by atoms with Gasteiger partial charge in [-0.1, -0.05) is 57.8 Å². The van der Waals surface area contributed by atoms with Crippen LogP contribution in [0.25, 0.3) is 0 Å². The minimum absolute atomic E-state index is 0.00387. The number of esters is 1. The van der Waals surface area contributed by atoms with Crippen LogP contribution >= 0.6 is 0 Å². The SMILES string of the molecule is COC(=O)[C@]12CC(=O)[C@H](C(C)C)CC(=O)[C@H](C)CCC[C@H](C)CC(=O)[C@H]1CC(C)=C1[C@H](O)C[C@@](C)(O)[C@@H]3CC[C@](C)(O3)[C@H](O)CC/C(C)=C/[C@@H]12. The third kappa shape index (κ3) is 8.21. The first-order valence-corrected chi connectivity index (χ1v) is 19.1. The average Bonchev–Trinajstić information content (AvgIpc) is 3.45. The van der Waals surface area contributed by atoms with Crippen LogP contribution in [0.5, 0.6) is 0 Å². The zero-order valence-electron chi connectivity index (χ0n) is 32.0. The van der Waals surface area contributed by atoms with Gasteiger partial charge in [0.1, 0.15) is 17.3 Å². The molecule has 0 unspecified atom stereocenters. The molecule has 9 nitrogen and oxygen atoms in total. The van der Waals surface area contributed by atoms with Crippen molar-refractivity contribution in [3.63, 3.8) is 0 Å². The van der Waals surface area contributed by atoms with Crippen molar-refractivity contribution in [2.24, 2.45) is 40.9 Å². The van der Waals surface area contributed by atoms with Crippen LogP contribution in [0.15, 0.2) is 22.8 Å². The van der Waals surface area contributed by atoms with Crippen molar-refractivity contribution < 1.29 is 44.0 Å². The van der Waals surface area contributed by atoms with Crippen LogP contribution in [0.4, 0.5) is 0 Å². The summed E-state index contributed by atoms with van der Waals surface area (Å²) in [6.07, 6.45) is 3.32. The number of carbonyl (C=O) groups is 4. The van der Waals surface area contributed by atoms with E-state index in [1.54, 1.807) is 6.92 Å². The van der Waals surface area contributed by atoms with Crippen LogP contribution < -0.4 is 0 Å². The Morgan fingerprint density at radius 1 is 0.960 bits per heavy atom. The molecule has 0 amide bonds. The van der Waals surface area contributed by atoms with Crippen molar-refractivity contribution >= 4 is 23.3 Å². The van der Waals surface area contributed by atoms with Gasteiger partial charge in [-0.3, -0.25) is 19.2 Å². The summed E-state index contributed by atoms with van der Waals surface area (Å²) >= 11 is 0. The maximum atomic E-state index is 14.7. The number of aliphatic hydroxyl groups is 3. The number of fused-ring (bicyclic) bond motifs is 5. The van der Waals surface area contributed by atoms with E-state index in [0.29, 0.717) is 37.7 Å². The number of carbonyl (C=O) groups excluding carboxylic acids is 4. The van der Waals surface area contributed by atoms with E-state index in [1.165, 1.54) is 7.11 Å². The van der Waals surface area contributed by atoms with Gasteiger partial charge in [0.15, 0.2) is 0 Å². The highest BCUT2D eigenvalue weighted by Gasteiger charge is 2.60. The molecule has 0 aromatic carbocycles. The maximum absolute atomic E-state index is 14.7. The smallest absolute Gasteiger partial charge is 0.313 e. The molecule has 0 aromatic heterocycles. The van der Waals surface area contributed by atoms with Gasteiger partial charge in [-0.25, -0.2) is 0 Å². The zero-order chi connectivity index (χ0) is 37.3. The van der Waals surface area contributed by atoms with Crippen molar-refractivity contribution in [1.82, 2.24) is 0 Å². The van der Waals surface area contributed by atoms with Crippen molar-refractivity contribution in [2.45, 2.75) is 162 Å². The highest BCUT2D eigenvalue weighted by Crippen LogP contribution is 2.56. The second kappa shape index (κ2) is 15.8. The Bertz CT molecular complexity index is 1360. The first kappa shape index (κ1) is 40.6. The van der Waals surface area contributed by atoms with Crippen LogP contribution in [0.3, 0.4) is 0 Å². The molecule has 4 aliphatic rings. The lowest BCUT2D eigenvalue weighted by atomic mass is 9.52. The molecule has 0 radical (unpaired) electrons. The molecule has 2 aliphatic heterocycles. The van der Waals surface area contributed by atoms with Crippen LogP contribution in [-0.4, -0.2) is 75.3 Å². The average molecular weight is 701 g/mol. The predicted molar refractivity (Wildman–Crippen MR) is 191 cm³/mol. The van der Waals surface area contributed by atoms with E-state index in [-0.39, 0.29) is 67.2 Å². The van der Waals surface area contributed by atoms with E-state index >= 15 is 0 Å². The highest BCUT2D eigenvalue weighted by molar-refractivity contribution is 5.97. The lowest BCUT2D eigenvalue weighted by molar-refractivity contribution is -0.169. The van der Waals surface area contributed by atoms with Crippen LogP contribution in [0.1, 0.15) is 132 Å². The third-order valence-electron chi connectivity index (χ3n) is 13.0. The Labute approximate surface area is 299 Å². The van der Waals surface area contributed by atoms with Gasteiger partial charge in [0.2, 0.25) is 0 Å². The summed E-state index contributed by atoms with van der Waals surface area (Å²) in [6, 6.07) is 0. The summed E-state index contributed by atoms with van der Waals surface area (Å²) in [4.78, 5) is 57.4. The number of ether oxygens (including phenoxy) is 2. The topological polar surface area (TPSA) is 147 Å². The quantitative estimate of drug-likeness (QED) is 0.225. The molecule has 9 heteroatoms. The summed E-state index contributed by atoms with van der Waals surface area (Å²) < 4.78 is 11.9. The molecular weight excluding hydrogens is 636 g/mol. The fourth-order valence-electron chi connectivity index (χ4n) is 9.56. The van der Waals surface area contributed by atoms with E-state index in [0.717, 1.165) is 24.0 Å². The molecule has 4 rings (SSSR count). The van der Waals surface area contributed by atoms with Gasteiger partial charge in [0.05, 0.1) is 42.0 Å². The molecule has 11 atom stereocenters. The second-order valence-corrected chi connectivity index (χ2v) is 17.4. The molecule has 2 bridgehead atoms. The van der Waals surface area contributed by atoms with Crippen molar-refractivity contribution in [3.8, 4) is 0 Å². The molecule has 282 valence electrons. The molecule has 1 saturated carbocycles. The number of hydrogen-bond acceptors (Lipinski definition) is 9. The number of aliphatic hydroxyl groups excluding tert-OH is 2. The summed E-state index contributed by atoms with van der Waals surface area (Å²) in [7, 11) is 1.27. The van der Waals surface area contributed by atoms with Gasteiger partial charge < -0.3 is 24.8 Å². The minimum atomic E-state index is -1.70. The van der Waals surface area contributed by atoms with Crippen LogP contribution in [0, 0.1) is 40.9 Å². The van der Waals surface area contributed by atoms with Crippen molar-refractivity contribution in [1.29, 1.82) is 0 Å². The molecule has 3 N–H and O–H groups in total. The van der Waals surface area contributed by atoms with E-state index in [1.807, 2.05) is 54.5 Å². The monoisotopic (exact) mass is 700 g/mol. The van der Waals surface area contributed by atoms with Crippen LogP contribution in [0.2, 0.25) is 0 Å². The largest absolute Gasteiger partial charge is 0.469 e. The Kier molecular flexibility index (Phi) is 12.8. The van der Waals surface area contributed by atoms with Gasteiger partial charge in [-0.2, -0.15) is 0 Å². The molecular formula is C41H64O9. The molecule has 1 saturated heterocycles. The van der Waals surface area contributed by atoms with E-state index in [4.69, 9.17) is 9.47 Å². The summed E-state index contributed by atoms with van der Waals surface area (Å²) in [5.41, 5.74) is -1.96. The number of ketones is 3. The first-order chi connectivity index (χ1) is 23.3.